The Morgan fingerprint density at radius 2 is 1.63 bits per heavy atom. The van der Waals surface area contributed by atoms with E-state index in [1.54, 1.807) is 35.9 Å². The Bertz CT molecular complexity index is 1410. The Balaban J connectivity index is 1.74. The van der Waals surface area contributed by atoms with Crippen molar-refractivity contribution in [1.82, 2.24) is 9.13 Å². The molecular formula is C17H15N3O4S3. The molecule has 0 fully saturated rings. The van der Waals surface area contributed by atoms with Crippen molar-refractivity contribution in [2.45, 2.75) is 18.4 Å². The second-order valence-electron chi connectivity index (χ2n) is 5.96. The number of benzene rings is 2. The molecule has 0 saturated carbocycles. The summed E-state index contributed by atoms with van der Waals surface area (Å²) >= 11 is 2.09. The van der Waals surface area contributed by atoms with Gasteiger partial charge in [0.05, 0.1) is 31.0 Å². The highest BCUT2D eigenvalue weighted by Crippen LogP contribution is 2.26. The lowest BCUT2D eigenvalue weighted by atomic mass is 10.3. The molecule has 7 nitrogen and oxygen atoms in total. The zero-order chi connectivity index (χ0) is 19.3. The lowest BCUT2D eigenvalue weighted by Gasteiger charge is -2.09. The number of nitrogens with zero attached hydrogens (tertiary/aromatic N) is 2. The molecule has 0 aliphatic heterocycles. The van der Waals surface area contributed by atoms with Gasteiger partial charge in [0.2, 0.25) is 0 Å². The van der Waals surface area contributed by atoms with Crippen molar-refractivity contribution in [3.8, 4) is 0 Å². The minimum absolute atomic E-state index is 0.0841. The van der Waals surface area contributed by atoms with Crippen LogP contribution < -0.4 is 14.5 Å². The Hall–Kier alpha value is -2.43. The van der Waals surface area contributed by atoms with E-state index in [-0.39, 0.29) is 14.6 Å². The number of hydrogen-bond donors (Lipinski definition) is 1. The van der Waals surface area contributed by atoms with Crippen LogP contribution in [-0.4, -0.2) is 17.6 Å². The first kappa shape index (κ1) is 18.0. The number of anilines is 1. The summed E-state index contributed by atoms with van der Waals surface area (Å²) < 4.78 is 32.5. The summed E-state index contributed by atoms with van der Waals surface area (Å²) in [7, 11) is -2.15. The number of fused-ring (bicyclic) bond motifs is 2. The van der Waals surface area contributed by atoms with Crippen molar-refractivity contribution in [3.05, 3.63) is 55.7 Å². The molecule has 140 valence electrons. The van der Waals surface area contributed by atoms with E-state index in [9.17, 15) is 18.0 Å². The maximum Gasteiger partial charge on any atom is 0.308 e. The lowest BCUT2D eigenvalue weighted by molar-refractivity contribution is 0.601. The molecule has 0 spiro atoms. The highest BCUT2D eigenvalue weighted by atomic mass is 32.2. The first-order valence-corrected chi connectivity index (χ1v) is 11.2. The van der Waals surface area contributed by atoms with Gasteiger partial charge >= 0.3 is 9.75 Å². The van der Waals surface area contributed by atoms with Crippen molar-refractivity contribution in [3.63, 3.8) is 0 Å². The van der Waals surface area contributed by atoms with Crippen LogP contribution in [0.15, 0.2) is 50.9 Å². The van der Waals surface area contributed by atoms with Gasteiger partial charge in [0, 0.05) is 13.6 Å². The van der Waals surface area contributed by atoms with Gasteiger partial charge in [0.1, 0.15) is 0 Å². The van der Waals surface area contributed by atoms with Crippen LogP contribution in [0.4, 0.5) is 5.69 Å². The maximum atomic E-state index is 12.8. The third-order valence-electron chi connectivity index (χ3n) is 4.31. The predicted octanol–water partition coefficient (Wildman–Crippen LogP) is 2.80. The van der Waals surface area contributed by atoms with E-state index in [1.807, 2.05) is 6.92 Å². The number of rotatable bonds is 4. The summed E-state index contributed by atoms with van der Waals surface area (Å²) in [5, 5.41) is 0. The normalized spacial score (nSPS) is 12.1. The van der Waals surface area contributed by atoms with Gasteiger partial charge < -0.3 is 4.57 Å². The number of aromatic nitrogens is 2. The monoisotopic (exact) mass is 421 g/mol. The highest BCUT2D eigenvalue weighted by molar-refractivity contribution is 7.92. The summed E-state index contributed by atoms with van der Waals surface area (Å²) in [6, 6.07) is 9.62. The fourth-order valence-corrected chi connectivity index (χ4v) is 5.99. The molecule has 0 saturated heterocycles. The first-order valence-electron chi connectivity index (χ1n) is 8.06. The van der Waals surface area contributed by atoms with Gasteiger partial charge in [-0.15, -0.1) is 0 Å². The van der Waals surface area contributed by atoms with Crippen LogP contribution in [0.3, 0.4) is 0 Å². The first-order chi connectivity index (χ1) is 12.8. The van der Waals surface area contributed by atoms with Crippen LogP contribution >= 0.6 is 22.7 Å². The molecule has 0 radical (unpaired) electrons. The molecule has 0 aliphatic carbocycles. The van der Waals surface area contributed by atoms with Crippen LogP contribution in [0.1, 0.15) is 6.92 Å². The van der Waals surface area contributed by atoms with E-state index < -0.39 is 10.0 Å². The van der Waals surface area contributed by atoms with E-state index in [0.717, 1.165) is 33.7 Å². The van der Waals surface area contributed by atoms with E-state index in [4.69, 9.17) is 0 Å². The summed E-state index contributed by atoms with van der Waals surface area (Å²) in [6.45, 7) is 2.40. The number of sulfonamides is 1. The molecule has 0 unspecified atom stereocenters. The van der Waals surface area contributed by atoms with Crippen LogP contribution in [0, 0.1) is 0 Å². The second kappa shape index (κ2) is 6.32. The van der Waals surface area contributed by atoms with Crippen molar-refractivity contribution >= 4 is 58.8 Å². The largest absolute Gasteiger partial charge is 0.308 e. The van der Waals surface area contributed by atoms with E-state index in [0.29, 0.717) is 21.6 Å². The third kappa shape index (κ3) is 2.99. The minimum Gasteiger partial charge on any atom is -0.302 e. The van der Waals surface area contributed by atoms with Crippen molar-refractivity contribution in [2.24, 2.45) is 7.05 Å². The zero-order valence-electron chi connectivity index (χ0n) is 14.4. The molecule has 0 bridgehead atoms. The van der Waals surface area contributed by atoms with Gasteiger partial charge in [-0.25, -0.2) is 8.42 Å². The Kier molecular flexibility index (Phi) is 4.21. The molecule has 2 heterocycles. The fraction of sp³-hybridized carbons (Fsp3) is 0.176. The molecule has 4 rings (SSSR count). The highest BCUT2D eigenvalue weighted by Gasteiger charge is 2.17. The van der Waals surface area contributed by atoms with E-state index >= 15 is 0 Å². The predicted molar refractivity (Wildman–Crippen MR) is 110 cm³/mol. The Morgan fingerprint density at radius 1 is 0.963 bits per heavy atom. The average molecular weight is 422 g/mol. The third-order valence-corrected chi connectivity index (χ3v) is 7.63. The van der Waals surface area contributed by atoms with Gasteiger partial charge in [-0.3, -0.25) is 18.9 Å². The number of aryl methyl sites for hydroxylation is 2. The number of hydrogen-bond acceptors (Lipinski definition) is 6. The number of nitrogens with one attached hydrogen (secondary N) is 1. The minimum atomic E-state index is -3.82. The molecular weight excluding hydrogens is 406 g/mol. The molecule has 2 aromatic carbocycles. The fourth-order valence-electron chi connectivity index (χ4n) is 2.92. The van der Waals surface area contributed by atoms with Gasteiger partial charge in [-0.05, 0) is 43.3 Å². The molecule has 4 aromatic rings. The molecule has 1 N–H and O–H groups in total. The van der Waals surface area contributed by atoms with Crippen LogP contribution in [0.25, 0.3) is 20.4 Å². The topological polar surface area (TPSA) is 90.2 Å². The smallest absolute Gasteiger partial charge is 0.302 e. The lowest BCUT2D eigenvalue weighted by Crippen LogP contribution is -2.13. The van der Waals surface area contributed by atoms with E-state index in [1.165, 1.54) is 16.7 Å². The standard InChI is InChI=1S/C17H15N3O4S3/c1-3-20-13-7-5-11(9-15(13)26-17(20)22)27(23,24)18-10-4-6-12-14(8-10)25-16(21)19(12)2/h4-9,18H,3H2,1-2H3. The number of thiazole rings is 2. The maximum absolute atomic E-state index is 12.8. The summed E-state index contributed by atoms with van der Waals surface area (Å²) in [4.78, 5) is 23.6. The molecule has 0 aliphatic rings. The summed E-state index contributed by atoms with van der Waals surface area (Å²) in [6.07, 6.45) is 0. The quantitative estimate of drug-likeness (QED) is 0.549. The molecule has 0 amide bonds. The van der Waals surface area contributed by atoms with E-state index in [2.05, 4.69) is 4.72 Å². The SMILES string of the molecule is CCn1c(=O)sc2cc(S(=O)(=O)Nc3ccc4c(c3)sc(=O)n4C)ccc21. The van der Waals surface area contributed by atoms with Crippen LogP contribution in [0.2, 0.25) is 0 Å². The zero-order valence-corrected chi connectivity index (χ0v) is 16.9. The Morgan fingerprint density at radius 3 is 2.37 bits per heavy atom. The van der Waals surface area contributed by atoms with Gasteiger partial charge in [-0.2, -0.15) is 0 Å². The van der Waals surface area contributed by atoms with Crippen molar-refractivity contribution in [1.29, 1.82) is 0 Å². The van der Waals surface area contributed by atoms with Crippen molar-refractivity contribution < 1.29 is 8.42 Å². The van der Waals surface area contributed by atoms with Crippen molar-refractivity contribution in [2.75, 3.05) is 4.72 Å². The second-order valence-corrected chi connectivity index (χ2v) is 9.63. The van der Waals surface area contributed by atoms with Gasteiger partial charge in [0.15, 0.2) is 0 Å². The molecule has 10 heteroatoms. The van der Waals surface area contributed by atoms with Gasteiger partial charge in [0.25, 0.3) is 10.0 Å². The summed E-state index contributed by atoms with van der Waals surface area (Å²) in [5.41, 5.74) is 1.85. The van der Waals surface area contributed by atoms with Crippen LogP contribution in [0.5, 0.6) is 0 Å². The molecule has 2 aromatic heterocycles. The summed E-state index contributed by atoms with van der Waals surface area (Å²) in [5.74, 6) is 0. The Labute approximate surface area is 162 Å². The van der Waals surface area contributed by atoms with Gasteiger partial charge in [-0.1, -0.05) is 22.7 Å². The molecule has 27 heavy (non-hydrogen) atoms. The van der Waals surface area contributed by atoms with Crippen LogP contribution in [-0.2, 0) is 23.6 Å². The molecule has 0 atom stereocenters. The average Bonchev–Trinajstić information content (AvgIpc) is 3.09.